The van der Waals surface area contributed by atoms with Crippen molar-refractivity contribution in [2.24, 2.45) is 5.84 Å². The van der Waals surface area contributed by atoms with E-state index in [9.17, 15) is 9.90 Å². The Hall–Kier alpha value is -1.20. The highest BCUT2D eigenvalue weighted by atomic mass is 32.2. The van der Waals surface area contributed by atoms with Gasteiger partial charge in [-0.2, -0.15) is 0 Å². The van der Waals surface area contributed by atoms with Crippen LogP contribution in [-0.4, -0.2) is 16.8 Å². The number of rotatable bonds is 12. The number of carbonyl (C=O) groups is 1. The molecule has 1 aromatic carbocycles. The van der Waals surface area contributed by atoms with Crippen molar-refractivity contribution < 1.29 is 9.90 Å². The number of carbonyl (C=O) groups excluding carboxylic acids is 1. The van der Waals surface area contributed by atoms with Crippen molar-refractivity contribution in [2.45, 2.75) is 62.7 Å². The number of thioether (sulfide) groups is 1. The van der Waals surface area contributed by atoms with Crippen LogP contribution in [-0.2, 0) is 4.79 Å². The van der Waals surface area contributed by atoms with Gasteiger partial charge >= 0.3 is 0 Å². The molecule has 0 aliphatic rings. The van der Waals surface area contributed by atoms with Crippen molar-refractivity contribution in [1.29, 1.82) is 0 Å². The number of phenols is 1. The normalized spacial score (nSPS) is 10.6. The summed E-state index contributed by atoms with van der Waals surface area (Å²) in [5.41, 5.74) is 2.16. The van der Waals surface area contributed by atoms with Crippen LogP contribution in [0.25, 0.3) is 0 Å². The maximum absolute atomic E-state index is 10.9. The Kier molecular flexibility index (Phi) is 10.6. The zero-order valence-corrected chi connectivity index (χ0v) is 14.0. The molecule has 0 bridgehead atoms. The third kappa shape index (κ3) is 9.68. The summed E-state index contributed by atoms with van der Waals surface area (Å²) in [7, 11) is 0. The molecule has 1 aromatic rings. The van der Waals surface area contributed by atoms with E-state index in [1.54, 1.807) is 12.1 Å². The molecule has 0 fully saturated rings. The van der Waals surface area contributed by atoms with E-state index in [-0.39, 0.29) is 5.91 Å². The van der Waals surface area contributed by atoms with E-state index >= 15 is 0 Å². The number of unbranched alkanes of at least 4 members (excludes halogenated alkanes) is 7. The van der Waals surface area contributed by atoms with E-state index in [2.05, 4.69) is 5.43 Å². The first-order chi connectivity index (χ1) is 10.7. The van der Waals surface area contributed by atoms with E-state index in [1.165, 1.54) is 43.4 Å². The molecule has 22 heavy (non-hydrogen) atoms. The molecule has 0 atom stereocenters. The molecule has 1 amide bonds. The van der Waals surface area contributed by atoms with Gasteiger partial charge in [0.15, 0.2) is 0 Å². The van der Waals surface area contributed by atoms with E-state index in [0.717, 1.165) is 18.6 Å². The van der Waals surface area contributed by atoms with Gasteiger partial charge in [0.1, 0.15) is 5.75 Å². The number of benzene rings is 1. The molecule has 0 radical (unpaired) electrons. The van der Waals surface area contributed by atoms with E-state index in [4.69, 9.17) is 5.84 Å². The van der Waals surface area contributed by atoms with Crippen molar-refractivity contribution in [3.8, 4) is 5.75 Å². The maximum Gasteiger partial charge on any atom is 0.233 e. The Morgan fingerprint density at radius 2 is 1.50 bits per heavy atom. The van der Waals surface area contributed by atoms with Gasteiger partial charge in [-0.15, -0.1) is 11.8 Å². The molecule has 0 saturated carbocycles. The summed E-state index contributed by atoms with van der Waals surface area (Å²) in [5, 5.41) is 9.21. The lowest BCUT2D eigenvalue weighted by atomic mass is 10.1. The topological polar surface area (TPSA) is 75.3 Å². The van der Waals surface area contributed by atoms with Gasteiger partial charge in [0.05, 0.1) is 0 Å². The van der Waals surface area contributed by atoms with Gasteiger partial charge in [0.25, 0.3) is 0 Å². The minimum Gasteiger partial charge on any atom is -0.508 e. The predicted octanol–water partition coefficient (Wildman–Crippen LogP) is 3.99. The molecule has 4 N–H and O–H groups in total. The number of hydrogen-bond donors (Lipinski definition) is 3. The third-order valence-electron chi connectivity index (χ3n) is 3.56. The molecule has 0 aliphatic carbocycles. The highest BCUT2D eigenvalue weighted by molar-refractivity contribution is 7.99. The van der Waals surface area contributed by atoms with Crippen molar-refractivity contribution >= 4 is 17.7 Å². The van der Waals surface area contributed by atoms with Crippen LogP contribution in [0.3, 0.4) is 0 Å². The number of phenolic OH excluding ortho intramolecular Hbond substituents is 1. The number of nitrogens with one attached hydrogen (secondary N) is 1. The molecule has 0 heterocycles. The SMILES string of the molecule is NNC(=O)CCCCCCCCCCSc1ccc(O)cc1. The Bertz CT molecular complexity index is 410. The Morgan fingerprint density at radius 1 is 0.955 bits per heavy atom. The zero-order chi connectivity index (χ0) is 16.0. The highest BCUT2D eigenvalue weighted by Crippen LogP contribution is 2.22. The number of aromatic hydroxyl groups is 1. The molecule has 124 valence electrons. The van der Waals surface area contributed by atoms with Crippen LogP contribution >= 0.6 is 11.8 Å². The van der Waals surface area contributed by atoms with Gasteiger partial charge in [-0.3, -0.25) is 10.2 Å². The lowest BCUT2D eigenvalue weighted by molar-refractivity contribution is -0.121. The predicted molar refractivity (Wildman–Crippen MR) is 92.7 cm³/mol. The molecule has 0 spiro atoms. The summed E-state index contributed by atoms with van der Waals surface area (Å²) in [5.74, 6) is 6.42. The quantitative estimate of drug-likeness (QED) is 0.179. The van der Waals surface area contributed by atoms with Crippen molar-refractivity contribution in [3.63, 3.8) is 0 Å². The Labute approximate surface area is 137 Å². The number of nitrogens with two attached hydrogens (primary N) is 1. The van der Waals surface area contributed by atoms with Crippen LogP contribution in [0.4, 0.5) is 0 Å². The van der Waals surface area contributed by atoms with Crippen LogP contribution in [0.1, 0.15) is 57.8 Å². The molecule has 0 aliphatic heterocycles. The first kappa shape index (κ1) is 18.8. The third-order valence-corrected chi connectivity index (χ3v) is 4.66. The lowest BCUT2D eigenvalue weighted by Crippen LogP contribution is -2.29. The summed E-state index contributed by atoms with van der Waals surface area (Å²) in [4.78, 5) is 12.1. The Balaban J connectivity index is 1.84. The first-order valence-corrected chi connectivity index (χ1v) is 9.12. The molecule has 0 aromatic heterocycles. The molecule has 1 rings (SSSR count). The summed E-state index contributed by atoms with van der Waals surface area (Å²) in [6.07, 6.45) is 10.2. The standard InChI is InChI=1S/C17H28N2O2S/c18-19-17(21)9-7-5-3-1-2-4-6-8-14-22-16-12-10-15(20)11-13-16/h10-13,20H,1-9,14,18H2,(H,19,21). The average molecular weight is 324 g/mol. The van der Waals surface area contributed by atoms with Gasteiger partial charge in [-0.05, 0) is 42.9 Å². The van der Waals surface area contributed by atoms with E-state index < -0.39 is 0 Å². The van der Waals surface area contributed by atoms with Crippen LogP contribution in [0.15, 0.2) is 29.2 Å². The lowest BCUT2D eigenvalue weighted by Gasteiger charge is -2.03. The average Bonchev–Trinajstić information content (AvgIpc) is 2.54. The van der Waals surface area contributed by atoms with Crippen LogP contribution < -0.4 is 11.3 Å². The number of amides is 1. The molecule has 0 unspecified atom stereocenters. The van der Waals surface area contributed by atoms with Gasteiger partial charge < -0.3 is 5.11 Å². The summed E-state index contributed by atoms with van der Waals surface area (Å²) < 4.78 is 0. The fourth-order valence-electron chi connectivity index (χ4n) is 2.25. The van der Waals surface area contributed by atoms with Gasteiger partial charge in [-0.1, -0.05) is 38.5 Å². The smallest absolute Gasteiger partial charge is 0.233 e. The second-order valence-electron chi connectivity index (χ2n) is 5.49. The monoisotopic (exact) mass is 324 g/mol. The van der Waals surface area contributed by atoms with Crippen LogP contribution in [0.2, 0.25) is 0 Å². The minimum absolute atomic E-state index is 0.0638. The van der Waals surface area contributed by atoms with Crippen molar-refractivity contribution in [3.05, 3.63) is 24.3 Å². The van der Waals surface area contributed by atoms with E-state index in [0.29, 0.717) is 12.2 Å². The fourth-order valence-corrected chi connectivity index (χ4v) is 3.17. The van der Waals surface area contributed by atoms with E-state index in [1.807, 2.05) is 23.9 Å². The van der Waals surface area contributed by atoms with Crippen molar-refractivity contribution in [2.75, 3.05) is 5.75 Å². The minimum atomic E-state index is -0.0638. The number of hydrazine groups is 1. The molecular formula is C17H28N2O2S. The highest BCUT2D eigenvalue weighted by Gasteiger charge is 1.98. The number of hydrogen-bond acceptors (Lipinski definition) is 4. The second-order valence-corrected chi connectivity index (χ2v) is 6.66. The Morgan fingerprint density at radius 3 is 2.09 bits per heavy atom. The maximum atomic E-state index is 10.9. The van der Waals surface area contributed by atoms with Crippen LogP contribution in [0.5, 0.6) is 5.75 Å². The van der Waals surface area contributed by atoms with Crippen molar-refractivity contribution in [1.82, 2.24) is 5.43 Å². The van der Waals surface area contributed by atoms with Gasteiger partial charge in [0.2, 0.25) is 5.91 Å². The molecular weight excluding hydrogens is 296 g/mol. The zero-order valence-electron chi connectivity index (χ0n) is 13.2. The fraction of sp³-hybridized carbons (Fsp3) is 0.588. The molecule has 4 nitrogen and oxygen atoms in total. The second kappa shape index (κ2) is 12.4. The summed E-state index contributed by atoms with van der Waals surface area (Å²) in [6.45, 7) is 0. The van der Waals surface area contributed by atoms with Crippen LogP contribution in [0, 0.1) is 0 Å². The molecule has 0 saturated heterocycles. The van der Waals surface area contributed by atoms with Gasteiger partial charge in [0, 0.05) is 11.3 Å². The van der Waals surface area contributed by atoms with Gasteiger partial charge in [-0.25, -0.2) is 5.84 Å². The largest absolute Gasteiger partial charge is 0.508 e. The first-order valence-electron chi connectivity index (χ1n) is 8.13. The summed E-state index contributed by atoms with van der Waals surface area (Å²) in [6, 6.07) is 7.40. The molecule has 5 heteroatoms. The summed E-state index contributed by atoms with van der Waals surface area (Å²) >= 11 is 1.85.